The summed E-state index contributed by atoms with van der Waals surface area (Å²) in [4.78, 5) is 27.0. The largest absolute Gasteiger partial charge is 0.416 e. The topological polar surface area (TPSA) is 37.4 Å². The van der Waals surface area contributed by atoms with Crippen LogP contribution in [0.15, 0.2) is 59.8 Å². The number of ketones is 1. The fourth-order valence-electron chi connectivity index (χ4n) is 4.10. The molecule has 3 nitrogen and oxygen atoms in total. The van der Waals surface area contributed by atoms with Crippen molar-refractivity contribution in [2.24, 2.45) is 0 Å². The summed E-state index contributed by atoms with van der Waals surface area (Å²) in [6.07, 6.45) is -3.18. The quantitative estimate of drug-likeness (QED) is 0.632. The summed E-state index contributed by atoms with van der Waals surface area (Å²) in [6, 6.07) is 10.2. The van der Waals surface area contributed by atoms with E-state index in [0.717, 1.165) is 12.1 Å². The zero-order chi connectivity index (χ0) is 20.8. The third kappa shape index (κ3) is 3.57. The minimum atomic E-state index is -4.47. The Kier molecular flexibility index (Phi) is 4.76. The molecule has 0 aromatic heterocycles. The van der Waals surface area contributed by atoms with Crippen LogP contribution in [-0.2, 0) is 15.8 Å². The highest BCUT2D eigenvalue weighted by Gasteiger charge is 2.40. The molecule has 7 heteroatoms. The lowest BCUT2D eigenvalue weighted by Gasteiger charge is -2.38. The van der Waals surface area contributed by atoms with E-state index in [4.69, 9.17) is 0 Å². The molecule has 1 amide bonds. The Hall–Kier alpha value is -2.96. The van der Waals surface area contributed by atoms with Crippen molar-refractivity contribution in [3.05, 3.63) is 76.7 Å². The van der Waals surface area contributed by atoms with Gasteiger partial charge in [-0.3, -0.25) is 14.5 Å². The molecule has 1 unspecified atom stereocenters. The van der Waals surface area contributed by atoms with Gasteiger partial charge in [-0.1, -0.05) is 12.1 Å². The Bertz CT molecular complexity index is 1010. The van der Waals surface area contributed by atoms with Crippen LogP contribution in [0.4, 0.5) is 23.2 Å². The van der Waals surface area contributed by atoms with Gasteiger partial charge in [0.25, 0.3) is 0 Å². The van der Waals surface area contributed by atoms with Crippen LogP contribution < -0.4 is 4.90 Å². The molecule has 1 atom stereocenters. The van der Waals surface area contributed by atoms with Gasteiger partial charge in [0, 0.05) is 35.7 Å². The van der Waals surface area contributed by atoms with E-state index in [2.05, 4.69) is 0 Å². The van der Waals surface area contributed by atoms with Gasteiger partial charge in [0.05, 0.1) is 5.56 Å². The van der Waals surface area contributed by atoms with Gasteiger partial charge in [-0.25, -0.2) is 4.39 Å². The first kappa shape index (κ1) is 19.4. The van der Waals surface area contributed by atoms with E-state index in [1.165, 1.54) is 35.2 Å². The van der Waals surface area contributed by atoms with Gasteiger partial charge in [0.15, 0.2) is 5.78 Å². The second kappa shape index (κ2) is 7.13. The van der Waals surface area contributed by atoms with Crippen LogP contribution in [0.5, 0.6) is 0 Å². The molecule has 2 aromatic carbocycles. The number of nitrogens with zero attached hydrogens (tertiary/aromatic N) is 1. The number of benzene rings is 2. The first-order valence-electron chi connectivity index (χ1n) is 9.27. The summed E-state index contributed by atoms with van der Waals surface area (Å²) in [7, 11) is 0. The highest BCUT2D eigenvalue weighted by atomic mass is 19.4. The van der Waals surface area contributed by atoms with Gasteiger partial charge in [0.2, 0.25) is 5.91 Å². The van der Waals surface area contributed by atoms with Crippen LogP contribution in [0.2, 0.25) is 0 Å². The number of carbonyl (C=O) groups is 2. The van der Waals surface area contributed by atoms with E-state index in [0.29, 0.717) is 41.8 Å². The molecular formula is C22H17F4NO2. The molecule has 2 aliphatic rings. The standard InChI is InChI=1S/C22H17F4NO2/c23-15-4-1-3-13(11-15)17-12-20(29)27(18-5-2-6-19(28)21(17)18)16-9-7-14(8-10-16)22(24,25)26/h1,3-4,7-11,17H,2,5-6,12H2. The third-order valence-corrected chi connectivity index (χ3v) is 5.38. The Morgan fingerprint density at radius 1 is 0.966 bits per heavy atom. The van der Waals surface area contributed by atoms with E-state index in [1.54, 1.807) is 6.07 Å². The number of hydrogen-bond donors (Lipinski definition) is 0. The molecule has 1 heterocycles. The second-order valence-electron chi connectivity index (χ2n) is 7.22. The molecular weight excluding hydrogens is 386 g/mol. The van der Waals surface area contributed by atoms with Gasteiger partial charge < -0.3 is 0 Å². The summed E-state index contributed by atoms with van der Waals surface area (Å²) in [5.41, 5.74) is 1.00. The van der Waals surface area contributed by atoms with E-state index in [1.807, 2.05) is 0 Å². The van der Waals surface area contributed by atoms with Crippen molar-refractivity contribution in [2.45, 2.75) is 37.8 Å². The Balaban J connectivity index is 1.80. The van der Waals surface area contributed by atoms with Gasteiger partial charge >= 0.3 is 6.18 Å². The van der Waals surface area contributed by atoms with E-state index < -0.39 is 23.5 Å². The van der Waals surface area contributed by atoms with Gasteiger partial charge in [0.1, 0.15) is 5.82 Å². The Labute approximate surface area is 164 Å². The second-order valence-corrected chi connectivity index (χ2v) is 7.22. The smallest absolute Gasteiger partial charge is 0.294 e. The molecule has 150 valence electrons. The Morgan fingerprint density at radius 2 is 1.69 bits per heavy atom. The highest BCUT2D eigenvalue weighted by Crippen LogP contribution is 2.43. The van der Waals surface area contributed by atoms with Crippen molar-refractivity contribution in [1.29, 1.82) is 0 Å². The van der Waals surface area contributed by atoms with Crippen LogP contribution in [0.25, 0.3) is 0 Å². The van der Waals surface area contributed by atoms with Gasteiger partial charge in [-0.15, -0.1) is 0 Å². The number of carbonyl (C=O) groups excluding carboxylic acids is 2. The predicted molar refractivity (Wildman–Crippen MR) is 98.6 cm³/mol. The number of allylic oxidation sites excluding steroid dienone is 2. The molecule has 29 heavy (non-hydrogen) atoms. The number of amides is 1. The summed E-state index contributed by atoms with van der Waals surface area (Å²) in [6.45, 7) is 0. The number of rotatable bonds is 2. The normalized spacial score (nSPS) is 20.1. The van der Waals surface area contributed by atoms with Crippen LogP contribution in [0, 0.1) is 5.82 Å². The fourth-order valence-corrected chi connectivity index (χ4v) is 4.10. The first-order valence-corrected chi connectivity index (χ1v) is 9.27. The van der Waals surface area contributed by atoms with E-state index >= 15 is 0 Å². The third-order valence-electron chi connectivity index (χ3n) is 5.38. The first-order chi connectivity index (χ1) is 13.8. The Morgan fingerprint density at radius 3 is 2.34 bits per heavy atom. The molecule has 0 fully saturated rings. The zero-order valence-corrected chi connectivity index (χ0v) is 15.3. The van der Waals surface area contributed by atoms with E-state index in [9.17, 15) is 27.2 Å². The molecule has 2 aromatic rings. The van der Waals surface area contributed by atoms with Crippen LogP contribution in [0.3, 0.4) is 0 Å². The molecule has 0 N–H and O–H groups in total. The van der Waals surface area contributed by atoms with E-state index in [-0.39, 0.29) is 18.1 Å². The molecule has 0 bridgehead atoms. The summed E-state index contributed by atoms with van der Waals surface area (Å²) >= 11 is 0. The fraction of sp³-hybridized carbons (Fsp3) is 0.273. The van der Waals surface area contributed by atoms with Crippen LogP contribution in [-0.4, -0.2) is 11.7 Å². The number of Topliss-reactive ketones (excluding diaryl/α,β-unsaturated/α-hetero) is 1. The number of anilines is 1. The maximum atomic E-state index is 13.7. The highest BCUT2D eigenvalue weighted by molar-refractivity contribution is 6.07. The molecule has 0 spiro atoms. The van der Waals surface area contributed by atoms with Crippen molar-refractivity contribution >= 4 is 17.4 Å². The number of hydrogen-bond acceptors (Lipinski definition) is 2. The molecule has 4 rings (SSSR count). The SMILES string of the molecule is O=C1CCCC2=C1C(c1cccc(F)c1)CC(=O)N2c1ccc(C(F)(F)F)cc1. The zero-order valence-electron chi connectivity index (χ0n) is 15.3. The molecule has 0 radical (unpaired) electrons. The molecule has 0 saturated heterocycles. The summed E-state index contributed by atoms with van der Waals surface area (Å²) < 4.78 is 52.3. The van der Waals surface area contributed by atoms with Crippen molar-refractivity contribution in [3.63, 3.8) is 0 Å². The monoisotopic (exact) mass is 403 g/mol. The molecule has 1 aliphatic heterocycles. The van der Waals surface area contributed by atoms with Crippen molar-refractivity contribution in [1.82, 2.24) is 0 Å². The lowest BCUT2D eigenvalue weighted by molar-refractivity contribution is -0.137. The minimum absolute atomic E-state index is 0.0466. The van der Waals surface area contributed by atoms with Crippen molar-refractivity contribution in [3.8, 4) is 0 Å². The van der Waals surface area contributed by atoms with Crippen molar-refractivity contribution in [2.75, 3.05) is 4.90 Å². The van der Waals surface area contributed by atoms with Crippen LogP contribution >= 0.6 is 0 Å². The minimum Gasteiger partial charge on any atom is -0.294 e. The lowest BCUT2D eigenvalue weighted by Crippen LogP contribution is -2.40. The average Bonchev–Trinajstić information content (AvgIpc) is 2.67. The maximum Gasteiger partial charge on any atom is 0.416 e. The molecule has 1 aliphatic carbocycles. The number of alkyl halides is 3. The summed E-state index contributed by atoms with van der Waals surface area (Å²) in [5, 5.41) is 0. The average molecular weight is 403 g/mol. The van der Waals surface area contributed by atoms with Crippen LogP contribution in [0.1, 0.15) is 42.7 Å². The molecule has 0 saturated carbocycles. The number of halogens is 4. The van der Waals surface area contributed by atoms with Gasteiger partial charge in [-0.05, 0) is 54.8 Å². The van der Waals surface area contributed by atoms with Gasteiger partial charge in [-0.2, -0.15) is 13.2 Å². The maximum absolute atomic E-state index is 13.7. The predicted octanol–water partition coefficient (Wildman–Crippen LogP) is 5.37. The summed E-state index contributed by atoms with van der Waals surface area (Å²) in [5.74, 6) is -1.44. The lowest BCUT2D eigenvalue weighted by atomic mass is 9.77. The van der Waals surface area contributed by atoms with Crippen molar-refractivity contribution < 1.29 is 27.2 Å².